The van der Waals surface area contributed by atoms with Crippen LogP contribution in [0.5, 0.6) is 0 Å². The average molecular weight is 457 g/mol. The summed E-state index contributed by atoms with van der Waals surface area (Å²) in [4.78, 5) is 0. The van der Waals surface area contributed by atoms with Gasteiger partial charge in [0.2, 0.25) is 0 Å². The van der Waals surface area contributed by atoms with Gasteiger partial charge in [-0.1, -0.05) is 44.1 Å². The molecule has 7 atom stereocenters. The van der Waals surface area contributed by atoms with Gasteiger partial charge in [0, 0.05) is 12.8 Å². The van der Waals surface area contributed by atoms with Crippen LogP contribution in [0.4, 0.5) is 0 Å². The van der Waals surface area contributed by atoms with Gasteiger partial charge in [0.25, 0.3) is 0 Å². The third kappa shape index (κ3) is 6.20. The van der Waals surface area contributed by atoms with Crippen molar-refractivity contribution < 1.29 is 20.4 Å². The Morgan fingerprint density at radius 3 is 2.67 bits per heavy atom. The summed E-state index contributed by atoms with van der Waals surface area (Å²) in [5.41, 5.74) is 2.58. The first-order valence-corrected chi connectivity index (χ1v) is 12.8. The van der Waals surface area contributed by atoms with Crippen LogP contribution in [0.2, 0.25) is 0 Å². The zero-order valence-electron chi connectivity index (χ0n) is 21.0. The lowest BCUT2D eigenvalue weighted by molar-refractivity contribution is 0.0455. The van der Waals surface area contributed by atoms with Crippen LogP contribution in [0.25, 0.3) is 0 Å². The summed E-state index contributed by atoms with van der Waals surface area (Å²) in [6, 6.07) is 0. The number of hydrogen-bond donors (Lipinski definition) is 4. The molecule has 0 aromatic heterocycles. The van der Waals surface area contributed by atoms with Gasteiger partial charge in [-0.3, -0.25) is 0 Å². The van der Waals surface area contributed by atoms with Crippen LogP contribution in [0, 0.1) is 35.0 Å². The van der Waals surface area contributed by atoms with Crippen molar-refractivity contribution >= 4 is 0 Å². The number of aliphatic hydroxyl groups excluding tert-OH is 3. The second-order valence-corrected chi connectivity index (χ2v) is 11.6. The molecule has 0 bridgehead atoms. The molecule has 33 heavy (non-hydrogen) atoms. The first kappa shape index (κ1) is 26.2. The molecule has 184 valence electrons. The largest absolute Gasteiger partial charge is 0.393 e. The van der Waals surface area contributed by atoms with Gasteiger partial charge >= 0.3 is 0 Å². The molecule has 0 unspecified atom stereocenters. The third-order valence-corrected chi connectivity index (χ3v) is 8.55. The van der Waals surface area contributed by atoms with Crippen molar-refractivity contribution in [3.05, 3.63) is 35.5 Å². The quantitative estimate of drug-likeness (QED) is 0.453. The van der Waals surface area contributed by atoms with Gasteiger partial charge in [-0.2, -0.15) is 0 Å². The molecule has 4 nitrogen and oxygen atoms in total. The molecule has 0 amide bonds. The number of rotatable bonds is 5. The third-order valence-electron chi connectivity index (χ3n) is 8.55. The summed E-state index contributed by atoms with van der Waals surface area (Å²) >= 11 is 0. The molecule has 0 heterocycles. The van der Waals surface area contributed by atoms with Crippen molar-refractivity contribution in [2.75, 3.05) is 0 Å². The SMILES string of the molecule is C=C1/C(=C/C=C2\CCC[C@]3(C)[C@@H]([C@@H](C)[C@@H](O)C#CCCC(C)(C)O)CC[C@@H]23)C[C@@H](O)C[C@@H]1O. The van der Waals surface area contributed by atoms with E-state index in [1.54, 1.807) is 13.8 Å². The van der Waals surface area contributed by atoms with E-state index in [0.29, 0.717) is 37.5 Å². The van der Waals surface area contributed by atoms with Gasteiger partial charge in [0.15, 0.2) is 0 Å². The first-order chi connectivity index (χ1) is 15.4. The molecule has 3 aliphatic carbocycles. The molecule has 3 aliphatic rings. The minimum Gasteiger partial charge on any atom is -0.393 e. The lowest BCUT2D eigenvalue weighted by atomic mass is 9.60. The summed E-state index contributed by atoms with van der Waals surface area (Å²) in [5, 5.41) is 40.9. The smallest absolute Gasteiger partial charge is 0.117 e. The summed E-state index contributed by atoms with van der Waals surface area (Å²) in [6.07, 6.45) is 10.3. The Balaban J connectivity index is 1.71. The fourth-order valence-electron chi connectivity index (χ4n) is 6.50. The monoisotopic (exact) mass is 456 g/mol. The maximum Gasteiger partial charge on any atom is 0.117 e. The second kappa shape index (κ2) is 10.5. The fraction of sp³-hybridized carbons (Fsp3) is 0.724. The Kier molecular flexibility index (Phi) is 8.33. The standard InChI is InChI=1S/C29H44O4/c1-19-22(17-23(30)18-27(19)32)12-11-21-9-8-16-29(5)24(13-14-25(21)29)20(2)26(31)10-6-7-15-28(3,4)33/h11-12,20,23-27,30-33H,1,7-9,13-18H2,2-5H3/b21-11+,22-12+/t20-,23-,24-,25+,26+,27+,29-/m1/s1. The van der Waals surface area contributed by atoms with Crippen molar-refractivity contribution in [2.45, 2.75) is 109 Å². The molecule has 0 radical (unpaired) electrons. The Bertz CT molecular complexity index is 836. The topological polar surface area (TPSA) is 80.9 Å². The van der Waals surface area contributed by atoms with E-state index in [9.17, 15) is 20.4 Å². The normalized spacial score (nSPS) is 36.9. The van der Waals surface area contributed by atoms with Crippen molar-refractivity contribution in [3.63, 3.8) is 0 Å². The molecule has 3 rings (SSSR count). The maximum absolute atomic E-state index is 10.8. The molecule has 0 aromatic carbocycles. The highest BCUT2D eigenvalue weighted by molar-refractivity contribution is 5.38. The maximum atomic E-state index is 10.8. The van der Waals surface area contributed by atoms with Crippen LogP contribution in [0.3, 0.4) is 0 Å². The number of fused-ring (bicyclic) bond motifs is 1. The van der Waals surface area contributed by atoms with Crippen LogP contribution in [0.1, 0.15) is 85.5 Å². The molecule has 0 saturated heterocycles. The second-order valence-electron chi connectivity index (χ2n) is 11.6. The highest BCUT2D eigenvalue weighted by atomic mass is 16.3. The number of aliphatic hydroxyl groups is 4. The van der Waals surface area contributed by atoms with Gasteiger partial charge in [-0.25, -0.2) is 0 Å². The van der Waals surface area contributed by atoms with E-state index in [0.717, 1.165) is 36.8 Å². The highest BCUT2D eigenvalue weighted by Crippen LogP contribution is 2.59. The van der Waals surface area contributed by atoms with Crippen LogP contribution < -0.4 is 0 Å². The van der Waals surface area contributed by atoms with Crippen molar-refractivity contribution in [1.82, 2.24) is 0 Å². The van der Waals surface area contributed by atoms with Crippen molar-refractivity contribution in [3.8, 4) is 11.8 Å². The van der Waals surface area contributed by atoms with Crippen molar-refractivity contribution in [1.29, 1.82) is 0 Å². The molecule has 3 saturated carbocycles. The van der Waals surface area contributed by atoms with Crippen LogP contribution in [-0.2, 0) is 0 Å². The van der Waals surface area contributed by atoms with Gasteiger partial charge in [0.05, 0.1) is 17.8 Å². The van der Waals surface area contributed by atoms with Crippen LogP contribution in [0.15, 0.2) is 35.5 Å². The summed E-state index contributed by atoms with van der Waals surface area (Å²) < 4.78 is 0. The average Bonchev–Trinajstić information content (AvgIpc) is 3.08. The van der Waals surface area contributed by atoms with Crippen LogP contribution >= 0.6 is 0 Å². The Morgan fingerprint density at radius 1 is 1.24 bits per heavy atom. The first-order valence-electron chi connectivity index (χ1n) is 12.8. The summed E-state index contributed by atoms with van der Waals surface area (Å²) in [5.74, 6) is 7.16. The summed E-state index contributed by atoms with van der Waals surface area (Å²) in [6.45, 7) is 12.1. The van der Waals surface area contributed by atoms with Gasteiger partial charge in [-0.15, -0.1) is 5.92 Å². The molecule has 0 aromatic rings. The lowest BCUT2D eigenvalue weighted by Gasteiger charge is -2.44. The highest BCUT2D eigenvalue weighted by Gasteiger charge is 2.51. The predicted molar refractivity (Wildman–Crippen MR) is 133 cm³/mol. The van der Waals surface area contributed by atoms with E-state index in [4.69, 9.17) is 0 Å². The molecule has 0 spiro atoms. The van der Waals surface area contributed by atoms with Gasteiger partial charge in [-0.05, 0) is 93.1 Å². The minimum atomic E-state index is -0.725. The van der Waals surface area contributed by atoms with E-state index < -0.39 is 23.9 Å². The molecular weight excluding hydrogens is 412 g/mol. The molecule has 4 N–H and O–H groups in total. The Hall–Kier alpha value is -1.38. The number of allylic oxidation sites excluding steroid dienone is 3. The van der Waals surface area contributed by atoms with E-state index in [1.165, 1.54) is 12.0 Å². The molecule has 0 aliphatic heterocycles. The lowest BCUT2D eigenvalue weighted by Crippen LogP contribution is -2.39. The Labute approximate surface area is 200 Å². The predicted octanol–water partition coefficient (Wildman–Crippen LogP) is 4.68. The zero-order valence-corrected chi connectivity index (χ0v) is 21.0. The van der Waals surface area contributed by atoms with Gasteiger partial charge in [0.1, 0.15) is 6.10 Å². The molecule has 4 heteroatoms. The van der Waals surface area contributed by atoms with Gasteiger partial charge < -0.3 is 20.4 Å². The van der Waals surface area contributed by atoms with Crippen molar-refractivity contribution in [2.24, 2.45) is 23.2 Å². The fourth-order valence-corrected chi connectivity index (χ4v) is 6.50. The zero-order chi connectivity index (χ0) is 24.4. The summed E-state index contributed by atoms with van der Waals surface area (Å²) in [7, 11) is 0. The van der Waals surface area contributed by atoms with E-state index in [1.807, 2.05) is 0 Å². The number of hydrogen-bond acceptors (Lipinski definition) is 4. The van der Waals surface area contributed by atoms with Crippen LogP contribution in [-0.4, -0.2) is 44.3 Å². The van der Waals surface area contributed by atoms with E-state index in [2.05, 4.69) is 44.4 Å². The minimum absolute atomic E-state index is 0.107. The molecule has 3 fully saturated rings. The van der Waals surface area contributed by atoms with E-state index in [-0.39, 0.29) is 11.3 Å². The van der Waals surface area contributed by atoms with E-state index >= 15 is 0 Å². The molecular formula is C29H44O4. The Morgan fingerprint density at radius 2 is 1.97 bits per heavy atom.